The highest BCUT2D eigenvalue weighted by molar-refractivity contribution is 9.11. The quantitative estimate of drug-likeness (QED) is 0.804. The van der Waals surface area contributed by atoms with Crippen molar-refractivity contribution in [1.82, 2.24) is 20.1 Å². The second-order valence-electron chi connectivity index (χ2n) is 3.91. The number of H-pyrrole nitrogens is 1. The number of carbonyl (C=O) groups excluding carboxylic acids is 1. The van der Waals surface area contributed by atoms with Crippen molar-refractivity contribution in [2.24, 2.45) is 0 Å². The number of alkyl halides is 3. The van der Waals surface area contributed by atoms with Crippen LogP contribution in [-0.4, -0.2) is 51.7 Å². The Morgan fingerprint density at radius 2 is 1.95 bits per heavy atom. The molecule has 0 unspecified atom stereocenters. The molecule has 1 saturated heterocycles. The smallest absolute Gasteiger partial charge is 0.336 e. The van der Waals surface area contributed by atoms with Crippen molar-refractivity contribution in [3.8, 4) is 0 Å². The molecule has 19 heavy (non-hydrogen) atoms. The normalized spacial score (nSPS) is 16.9. The van der Waals surface area contributed by atoms with Gasteiger partial charge in [0.05, 0.1) is 0 Å². The molecule has 0 aromatic carbocycles. The standard InChI is InChI=1S/C8H9BrF2N4O3S/c9-8(10,11)19(17,18)7-12-5(13-14-7)6(16)15-3-1-2-4-15/h1-4H2,(H,12,13,14). The second kappa shape index (κ2) is 4.78. The molecule has 1 aromatic rings. The third kappa shape index (κ3) is 2.61. The maximum atomic E-state index is 12.8. The number of rotatable bonds is 3. The van der Waals surface area contributed by atoms with E-state index in [0.29, 0.717) is 13.1 Å². The Balaban J connectivity index is 2.27. The molecule has 2 heterocycles. The number of likely N-dealkylation sites (tertiary alicyclic amines) is 1. The van der Waals surface area contributed by atoms with Gasteiger partial charge in [0, 0.05) is 29.0 Å². The lowest BCUT2D eigenvalue weighted by Crippen LogP contribution is -2.28. The summed E-state index contributed by atoms with van der Waals surface area (Å²) in [7, 11) is -5.03. The lowest BCUT2D eigenvalue weighted by Gasteiger charge is -2.11. The molecule has 1 aliphatic rings. The number of nitrogens with one attached hydrogen (secondary N) is 1. The van der Waals surface area contributed by atoms with Crippen LogP contribution in [0.1, 0.15) is 23.5 Å². The molecular weight excluding hydrogens is 350 g/mol. The summed E-state index contributed by atoms with van der Waals surface area (Å²) in [4.78, 5) is 16.6. The van der Waals surface area contributed by atoms with E-state index in [1.165, 1.54) is 4.90 Å². The first-order valence-corrected chi connectivity index (χ1v) is 7.54. The average molecular weight is 359 g/mol. The maximum absolute atomic E-state index is 12.8. The first-order valence-electron chi connectivity index (χ1n) is 5.26. The number of carbonyl (C=O) groups is 1. The van der Waals surface area contributed by atoms with Crippen molar-refractivity contribution >= 4 is 31.7 Å². The Morgan fingerprint density at radius 3 is 2.47 bits per heavy atom. The lowest BCUT2D eigenvalue weighted by molar-refractivity contribution is 0.0781. The summed E-state index contributed by atoms with van der Waals surface area (Å²) >= 11 is 1.74. The first-order chi connectivity index (χ1) is 8.73. The fourth-order valence-corrected chi connectivity index (χ4v) is 2.69. The zero-order valence-corrected chi connectivity index (χ0v) is 11.8. The minimum atomic E-state index is -5.03. The van der Waals surface area contributed by atoms with Gasteiger partial charge >= 0.3 is 4.16 Å². The van der Waals surface area contributed by atoms with Gasteiger partial charge in [-0.05, 0) is 12.8 Å². The number of halogens is 3. The van der Waals surface area contributed by atoms with Crippen molar-refractivity contribution in [3.63, 3.8) is 0 Å². The van der Waals surface area contributed by atoms with E-state index in [0.717, 1.165) is 12.8 Å². The van der Waals surface area contributed by atoms with Crippen LogP contribution in [0, 0.1) is 0 Å². The summed E-state index contributed by atoms with van der Waals surface area (Å²) in [6, 6.07) is 0. The summed E-state index contributed by atoms with van der Waals surface area (Å²) in [5, 5.41) is 4.19. The van der Waals surface area contributed by atoms with Gasteiger partial charge in [0.15, 0.2) is 0 Å². The molecule has 1 aliphatic heterocycles. The molecule has 106 valence electrons. The summed E-state index contributed by atoms with van der Waals surface area (Å²) in [5.41, 5.74) is 0. The minimum Gasteiger partial charge on any atom is -0.336 e. The van der Waals surface area contributed by atoms with Gasteiger partial charge in [0.1, 0.15) is 0 Å². The van der Waals surface area contributed by atoms with Crippen LogP contribution in [0.2, 0.25) is 0 Å². The van der Waals surface area contributed by atoms with Gasteiger partial charge < -0.3 is 4.90 Å². The maximum Gasteiger partial charge on any atom is 0.407 e. The molecule has 0 bridgehead atoms. The molecule has 1 amide bonds. The molecule has 1 fully saturated rings. The Labute approximate surface area is 115 Å². The predicted octanol–water partition coefficient (Wildman–Crippen LogP) is 0.760. The Morgan fingerprint density at radius 1 is 1.37 bits per heavy atom. The zero-order chi connectivity index (χ0) is 14.3. The fourth-order valence-electron chi connectivity index (χ4n) is 1.63. The van der Waals surface area contributed by atoms with Gasteiger partial charge in [-0.3, -0.25) is 4.79 Å². The Kier molecular flexibility index (Phi) is 3.60. The predicted molar refractivity (Wildman–Crippen MR) is 62.6 cm³/mol. The van der Waals surface area contributed by atoms with Crippen LogP contribution in [0.15, 0.2) is 5.16 Å². The molecule has 0 aliphatic carbocycles. The highest BCUT2D eigenvalue weighted by atomic mass is 79.9. The van der Waals surface area contributed by atoms with E-state index in [2.05, 4.69) is 10.1 Å². The van der Waals surface area contributed by atoms with Crippen molar-refractivity contribution < 1.29 is 22.0 Å². The number of hydrogen-bond acceptors (Lipinski definition) is 5. The van der Waals surface area contributed by atoms with Crippen LogP contribution < -0.4 is 0 Å². The van der Waals surface area contributed by atoms with E-state index in [-0.39, 0.29) is 0 Å². The number of hydrogen-bond donors (Lipinski definition) is 1. The SMILES string of the molecule is O=C(c1n[nH]c(S(=O)(=O)C(F)(F)Br)n1)N1CCCC1. The third-order valence-electron chi connectivity index (χ3n) is 2.61. The van der Waals surface area contributed by atoms with Crippen LogP contribution in [0.3, 0.4) is 0 Å². The first kappa shape index (κ1) is 14.3. The van der Waals surface area contributed by atoms with Gasteiger partial charge in [-0.2, -0.15) is 13.8 Å². The van der Waals surface area contributed by atoms with Crippen LogP contribution in [0.5, 0.6) is 0 Å². The van der Waals surface area contributed by atoms with Gasteiger partial charge in [0.25, 0.3) is 20.9 Å². The second-order valence-corrected chi connectivity index (χ2v) is 7.34. The van der Waals surface area contributed by atoms with Gasteiger partial charge in [-0.1, -0.05) is 0 Å². The highest BCUT2D eigenvalue weighted by Crippen LogP contribution is 2.32. The van der Waals surface area contributed by atoms with Gasteiger partial charge in [-0.25, -0.2) is 13.5 Å². The zero-order valence-electron chi connectivity index (χ0n) is 9.44. The summed E-state index contributed by atoms with van der Waals surface area (Å²) in [6.45, 7) is 1.04. The number of aromatic nitrogens is 3. The molecule has 2 rings (SSSR count). The molecule has 7 nitrogen and oxygen atoms in total. The molecule has 0 spiro atoms. The van der Waals surface area contributed by atoms with E-state index in [4.69, 9.17) is 0 Å². The average Bonchev–Trinajstić information content (AvgIpc) is 2.98. The molecule has 0 saturated carbocycles. The molecule has 11 heteroatoms. The van der Waals surface area contributed by atoms with E-state index >= 15 is 0 Å². The van der Waals surface area contributed by atoms with Crippen molar-refractivity contribution in [1.29, 1.82) is 0 Å². The summed E-state index contributed by atoms with van der Waals surface area (Å²) in [5.74, 6) is -1.01. The monoisotopic (exact) mass is 358 g/mol. The van der Waals surface area contributed by atoms with Crippen LogP contribution in [0.25, 0.3) is 0 Å². The fraction of sp³-hybridized carbons (Fsp3) is 0.625. The van der Waals surface area contributed by atoms with Crippen molar-refractivity contribution in [2.45, 2.75) is 22.2 Å². The minimum absolute atomic E-state index is 0.433. The van der Waals surface area contributed by atoms with E-state index in [1.807, 2.05) is 5.10 Å². The van der Waals surface area contributed by atoms with Gasteiger partial charge in [0.2, 0.25) is 5.82 Å². The van der Waals surface area contributed by atoms with Crippen molar-refractivity contribution in [3.05, 3.63) is 5.82 Å². The largest absolute Gasteiger partial charge is 0.407 e. The summed E-state index contributed by atoms with van der Waals surface area (Å²) < 4.78 is 44.2. The molecule has 1 N–H and O–H groups in total. The van der Waals surface area contributed by atoms with Crippen LogP contribution >= 0.6 is 15.9 Å². The molecule has 0 atom stereocenters. The molecular formula is C8H9BrF2N4O3S. The Bertz CT molecular complexity index is 591. The van der Waals surface area contributed by atoms with Crippen LogP contribution in [0.4, 0.5) is 8.78 Å². The highest BCUT2D eigenvalue weighted by Gasteiger charge is 2.46. The number of aromatic amines is 1. The van der Waals surface area contributed by atoms with Crippen LogP contribution in [-0.2, 0) is 9.84 Å². The lowest BCUT2D eigenvalue weighted by atomic mass is 10.4. The molecule has 1 aromatic heterocycles. The number of nitrogens with zero attached hydrogens (tertiary/aromatic N) is 3. The van der Waals surface area contributed by atoms with E-state index < -0.39 is 30.9 Å². The number of sulfone groups is 1. The van der Waals surface area contributed by atoms with E-state index in [1.54, 1.807) is 15.9 Å². The van der Waals surface area contributed by atoms with Gasteiger partial charge in [-0.15, -0.1) is 5.10 Å². The summed E-state index contributed by atoms with van der Waals surface area (Å²) in [6.07, 6.45) is 1.67. The Hall–Kier alpha value is -1.10. The number of amides is 1. The van der Waals surface area contributed by atoms with Crippen molar-refractivity contribution in [2.75, 3.05) is 13.1 Å². The third-order valence-corrected chi connectivity index (χ3v) is 5.19. The molecule has 0 radical (unpaired) electrons. The van der Waals surface area contributed by atoms with E-state index in [9.17, 15) is 22.0 Å². The topological polar surface area (TPSA) is 96.0 Å².